The van der Waals surface area contributed by atoms with Crippen LogP contribution in [0.1, 0.15) is 40.5 Å². The van der Waals surface area contributed by atoms with Crippen molar-refractivity contribution in [1.82, 2.24) is 9.80 Å². The lowest BCUT2D eigenvalue weighted by atomic mass is 9.70. The van der Waals surface area contributed by atoms with E-state index in [0.717, 1.165) is 12.1 Å². The summed E-state index contributed by atoms with van der Waals surface area (Å²) in [6.07, 6.45) is 4.87. The van der Waals surface area contributed by atoms with Gasteiger partial charge >= 0.3 is 0 Å². The molecular formula is C30H41N3O4S. The first-order chi connectivity index (χ1) is 18.1. The Kier molecular flexibility index (Phi) is 8.43. The van der Waals surface area contributed by atoms with Gasteiger partial charge in [-0.05, 0) is 44.7 Å². The SMILES string of the molecule is C=CCN(C(=O)[C@@H]1[C@H]2C(=O)N([C@@H](CO)C(C)C)C(C(=O)N(CC=C)C(C)C)C23CC[C@H]1S3)c1ccccc1. The van der Waals surface area contributed by atoms with Crippen LogP contribution >= 0.6 is 11.8 Å². The number of likely N-dealkylation sites (tertiary alicyclic amines) is 1. The number of aliphatic hydroxyl groups is 1. The van der Waals surface area contributed by atoms with Gasteiger partial charge in [0.1, 0.15) is 6.04 Å². The Hall–Kier alpha value is -2.58. The second kappa shape index (κ2) is 11.3. The molecule has 3 aliphatic rings. The molecular weight excluding hydrogens is 498 g/mol. The van der Waals surface area contributed by atoms with E-state index in [1.54, 1.807) is 38.6 Å². The number of amides is 3. The zero-order chi connectivity index (χ0) is 27.8. The zero-order valence-corrected chi connectivity index (χ0v) is 23.8. The summed E-state index contributed by atoms with van der Waals surface area (Å²) in [6, 6.07) is 8.14. The van der Waals surface area contributed by atoms with Gasteiger partial charge in [-0.1, -0.05) is 44.2 Å². The van der Waals surface area contributed by atoms with E-state index < -0.39 is 28.7 Å². The van der Waals surface area contributed by atoms with Crippen LogP contribution in [0.15, 0.2) is 55.6 Å². The summed E-state index contributed by atoms with van der Waals surface area (Å²) in [6.45, 7) is 16.0. The van der Waals surface area contributed by atoms with Crippen LogP contribution in [0.4, 0.5) is 5.69 Å². The van der Waals surface area contributed by atoms with Gasteiger partial charge in [0.2, 0.25) is 17.7 Å². The largest absolute Gasteiger partial charge is 0.394 e. The smallest absolute Gasteiger partial charge is 0.247 e. The number of carbonyl (C=O) groups excluding carboxylic acids is 3. The topological polar surface area (TPSA) is 81.2 Å². The fraction of sp³-hybridized carbons (Fsp3) is 0.567. The average Bonchev–Trinajstić information content (AvgIpc) is 3.53. The van der Waals surface area contributed by atoms with E-state index in [1.807, 2.05) is 58.0 Å². The molecule has 2 unspecified atom stereocenters. The maximum atomic E-state index is 14.4. The number of carbonyl (C=O) groups is 3. The highest BCUT2D eigenvalue weighted by molar-refractivity contribution is 8.02. The molecule has 38 heavy (non-hydrogen) atoms. The molecule has 1 N–H and O–H groups in total. The predicted molar refractivity (Wildman–Crippen MR) is 153 cm³/mol. The number of nitrogens with zero attached hydrogens (tertiary/aromatic N) is 3. The second-order valence-corrected chi connectivity index (χ2v) is 12.8. The molecule has 0 aromatic heterocycles. The quantitative estimate of drug-likeness (QED) is 0.434. The van der Waals surface area contributed by atoms with Gasteiger partial charge in [-0.2, -0.15) is 0 Å². The molecule has 206 valence electrons. The molecule has 3 aliphatic heterocycles. The Morgan fingerprint density at radius 3 is 2.34 bits per heavy atom. The summed E-state index contributed by atoms with van der Waals surface area (Å²) in [5.41, 5.74) is 0.765. The van der Waals surface area contributed by atoms with E-state index in [4.69, 9.17) is 0 Å². The average molecular weight is 540 g/mol. The highest BCUT2D eigenvalue weighted by Gasteiger charge is 2.74. The normalized spacial score (nSPS) is 28.5. The number of benzene rings is 1. The van der Waals surface area contributed by atoms with E-state index in [1.165, 1.54) is 0 Å². The van der Waals surface area contributed by atoms with Crippen molar-refractivity contribution in [1.29, 1.82) is 0 Å². The van der Waals surface area contributed by atoms with Gasteiger partial charge in [-0.25, -0.2) is 0 Å². The molecule has 3 amide bonds. The van der Waals surface area contributed by atoms with E-state index in [-0.39, 0.29) is 41.5 Å². The molecule has 1 spiro atoms. The molecule has 1 aromatic rings. The minimum Gasteiger partial charge on any atom is -0.394 e. The van der Waals surface area contributed by atoms with E-state index in [9.17, 15) is 19.5 Å². The van der Waals surface area contributed by atoms with Gasteiger partial charge < -0.3 is 19.8 Å². The molecule has 1 aromatic carbocycles. The summed E-state index contributed by atoms with van der Waals surface area (Å²) in [4.78, 5) is 48.1. The van der Waals surface area contributed by atoms with E-state index in [2.05, 4.69) is 13.2 Å². The predicted octanol–water partition coefficient (Wildman–Crippen LogP) is 3.74. The number of hydrogen-bond donors (Lipinski definition) is 1. The fourth-order valence-corrected chi connectivity index (χ4v) is 8.91. The second-order valence-electron chi connectivity index (χ2n) is 11.2. The molecule has 7 nitrogen and oxygen atoms in total. The standard InChI is InChI=1S/C30H41N3O4S/c1-7-16-31(20(5)6)29(37)26-30-15-14-23(38-30)24(25(30)28(36)33(26)22(18-34)19(3)4)27(35)32(17-8-2)21-12-10-9-11-13-21/h7-13,19-20,22-26,34H,1-2,14-18H2,3-6H3/t22-,23+,24-,25-,26?,30?/m0/s1. The van der Waals surface area contributed by atoms with E-state index in [0.29, 0.717) is 19.5 Å². The lowest BCUT2D eigenvalue weighted by molar-refractivity contribution is -0.147. The van der Waals surface area contributed by atoms with Crippen molar-refractivity contribution < 1.29 is 19.5 Å². The molecule has 4 rings (SSSR count). The Bertz CT molecular complexity index is 1080. The molecule has 3 heterocycles. The number of rotatable bonds is 11. The van der Waals surface area contributed by atoms with Gasteiger partial charge in [0.15, 0.2) is 0 Å². The maximum absolute atomic E-state index is 14.4. The van der Waals surface area contributed by atoms with Crippen molar-refractivity contribution in [2.75, 3.05) is 24.6 Å². The lowest BCUT2D eigenvalue weighted by Crippen LogP contribution is -2.59. The molecule has 8 heteroatoms. The number of thioether (sulfide) groups is 1. The van der Waals surface area contributed by atoms with Gasteiger partial charge in [0.05, 0.1) is 29.2 Å². The Balaban J connectivity index is 1.81. The summed E-state index contributed by atoms with van der Waals surface area (Å²) in [7, 11) is 0. The first-order valence-electron chi connectivity index (χ1n) is 13.6. The molecule has 3 saturated heterocycles. The number of para-hydroxylation sites is 1. The zero-order valence-electron chi connectivity index (χ0n) is 23.0. The third-order valence-electron chi connectivity index (χ3n) is 8.45. The summed E-state index contributed by atoms with van der Waals surface area (Å²) >= 11 is 1.66. The molecule has 6 atom stereocenters. The highest BCUT2D eigenvalue weighted by Crippen LogP contribution is 2.67. The summed E-state index contributed by atoms with van der Waals surface area (Å²) in [5, 5.41) is 10.4. The van der Waals surface area contributed by atoms with Crippen molar-refractivity contribution in [3.63, 3.8) is 0 Å². The summed E-state index contributed by atoms with van der Waals surface area (Å²) in [5.74, 6) is -1.62. The van der Waals surface area contributed by atoms with Gasteiger partial charge in [-0.3, -0.25) is 14.4 Å². The van der Waals surface area contributed by atoms with E-state index >= 15 is 0 Å². The molecule has 0 saturated carbocycles. The third kappa shape index (κ3) is 4.49. The Morgan fingerprint density at radius 1 is 1.13 bits per heavy atom. The minimum atomic E-state index is -0.737. The van der Waals surface area contributed by atoms with Crippen LogP contribution < -0.4 is 4.90 Å². The number of hydrogen-bond acceptors (Lipinski definition) is 5. The monoisotopic (exact) mass is 539 g/mol. The van der Waals surface area contributed by atoms with Crippen molar-refractivity contribution in [3.8, 4) is 0 Å². The van der Waals surface area contributed by atoms with Crippen LogP contribution in [0, 0.1) is 17.8 Å². The van der Waals surface area contributed by atoms with Crippen molar-refractivity contribution in [3.05, 3.63) is 55.6 Å². The number of anilines is 1. The minimum absolute atomic E-state index is 0.0385. The highest BCUT2D eigenvalue weighted by atomic mass is 32.2. The number of fused-ring (bicyclic) bond motifs is 1. The van der Waals surface area contributed by atoms with Crippen LogP contribution in [0.5, 0.6) is 0 Å². The fourth-order valence-electron chi connectivity index (χ4n) is 6.72. The van der Waals surface area contributed by atoms with Crippen LogP contribution in [0.25, 0.3) is 0 Å². The maximum Gasteiger partial charge on any atom is 0.247 e. The van der Waals surface area contributed by atoms with Crippen LogP contribution in [-0.2, 0) is 14.4 Å². The lowest BCUT2D eigenvalue weighted by Gasteiger charge is -2.41. The van der Waals surface area contributed by atoms with Crippen LogP contribution in [-0.4, -0.2) is 80.4 Å². The third-order valence-corrected chi connectivity index (χ3v) is 10.4. The van der Waals surface area contributed by atoms with Crippen LogP contribution in [0.3, 0.4) is 0 Å². The van der Waals surface area contributed by atoms with Crippen molar-refractivity contribution in [2.45, 2.75) is 68.7 Å². The van der Waals surface area contributed by atoms with Crippen LogP contribution in [0.2, 0.25) is 0 Å². The van der Waals surface area contributed by atoms with Crippen molar-refractivity contribution in [2.24, 2.45) is 17.8 Å². The number of aliphatic hydroxyl groups excluding tert-OH is 1. The molecule has 0 radical (unpaired) electrons. The summed E-state index contributed by atoms with van der Waals surface area (Å²) < 4.78 is -0.702. The molecule has 2 bridgehead atoms. The van der Waals surface area contributed by atoms with Crippen molar-refractivity contribution >= 4 is 35.2 Å². The Labute approximate surface area is 230 Å². The van der Waals surface area contributed by atoms with Gasteiger partial charge in [0.25, 0.3) is 0 Å². The first kappa shape index (κ1) is 28.4. The molecule has 0 aliphatic carbocycles. The molecule has 3 fully saturated rings. The Morgan fingerprint density at radius 2 is 1.79 bits per heavy atom. The first-order valence-corrected chi connectivity index (χ1v) is 14.5. The van der Waals surface area contributed by atoms with Gasteiger partial charge in [-0.15, -0.1) is 24.9 Å². The van der Waals surface area contributed by atoms with Gasteiger partial charge in [0, 0.05) is 30.1 Å².